The Morgan fingerprint density at radius 1 is 1.13 bits per heavy atom. The van der Waals surface area contributed by atoms with E-state index in [9.17, 15) is 41.8 Å². The Morgan fingerprint density at radius 2 is 1.52 bits per heavy atom. The number of rotatable bonds is 5. The second-order valence-corrected chi connectivity index (χ2v) is 6.21. The van der Waals surface area contributed by atoms with Crippen LogP contribution in [0.1, 0.15) is 12.5 Å². The van der Waals surface area contributed by atoms with Gasteiger partial charge >= 0.3 is 17.6 Å². The van der Waals surface area contributed by atoms with E-state index in [1.807, 2.05) is 0 Å². The fraction of sp³-hybridized carbons (Fsp3) is 0.400. The minimum atomic E-state index is -5.07. The summed E-state index contributed by atoms with van der Waals surface area (Å²) in [7, 11) is -4.19. The zero-order valence-corrected chi connectivity index (χ0v) is 12.5. The minimum absolute atomic E-state index is 0.0656. The summed E-state index contributed by atoms with van der Waals surface area (Å²) in [6.07, 6.45) is -4.45. The Morgan fingerprint density at radius 3 is 1.74 bits per heavy atom. The molecule has 0 aliphatic rings. The fourth-order valence-electron chi connectivity index (χ4n) is 1.86. The molecule has 13 heteroatoms. The van der Waals surface area contributed by atoms with Crippen LogP contribution in [0.5, 0.6) is 0 Å². The highest BCUT2D eigenvalue weighted by Crippen LogP contribution is 2.43. The van der Waals surface area contributed by atoms with Gasteiger partial charge in [0.2, 0.25) is 15.7 Å². The monoisotopic (exact) mass is 357 g/mol. The van der Waals surface area contributed by atoms with Crippen LogP contribution in [0.25, 0.3) is 0 Å². The lowest BCUT2D eigenvalue weighted by Gasteiger charge is -2.20. The molecule has 0 aliphatic carbocycles. The molecule has 1 rings (SSSR count). The van der Waals surface area contributed by atoms with Crippen LogP contribution in [-0.2, 0) is 16.2 Å². The van der Waals surface area contributed by atoms with E-state index in [2.05, 4.69) is 0 Å². The Bertz CT molecular complexity index is 727. The number of alkyl halides is 3. The van der Waals surface area contributed by atoms with Gasteiger partial charge in [0, 0.05) is 18.7 Å². The summed E-state index contributed by atoms with van der Waals surface area (Å²) in [5.41, 5.74) is -5.28. The fourth-order valence-corrected chi connectivity index (χ4v) is 2.85. The predicted molar refractivity (Wildman–Crippen MR) is 72.6 cm³/mol. The number of anilines is 1. The lowest BCUT2D eigenvalue weighted by atomic mass is 10.1. The molecule has 23 heavy (non-hydrogen) atoms. The molecule has 0 spiro atoms. The van der Waals surface area contributed by atoms with Crippen LogP contribution in [0.2, 0.25) is 0 Å². The molecule has 0 N–H and O–H groups in total. The summed E-state index contributed by atoms with van der Waals surface area (Å²) < 4.78 is 61.9. The SMILES string of the molecule is CCN(c1c([N+](=O)[O-])cc(C(F)(F)F)cc1[N+](=O)[O-])S(C)(=O)=O. The van der Waals surface area contributed by atoms with Gasteiger partial charge in [-0.1, -0.05) is 0 Å². The van der Waals surface area contributed by atoms with Crippen LogP contribution in [0, 0.1) is 20.2 Å². The highest BCUT2D eigenvalue weighted by Gasteiger charge is 2.40. The maximum Gasteiger partial charge on any atom is 0.416 e. The molecule has 128 valence electrons. The number of nitro benzene ring substituents is 2. The molecule has 1 aromatic rings. The third-order valence-corrected chi connectivity index (χ3v) is 3.97. The largest absolute Gasteiger partial charge is 0.416 e. The molecule has 0 saturated heterocycles. The molecule has 0 saturated carbocycles. The Kier molecular flexibility index (Phi) is 4.84. The molecular formula is C10H10F3N3O6S. The molecule has 0 fully saturated rings. The summed E-state index contributed by atoms with van der Waals surface area (Å²) in [4.78, 5) is 19.4. The average Bonchev–Trinajstić information content (AvgIpc) is 2.35. The van der Waals surface area contributed by atoms with E-state index in [-0.39, 0.29) is 12.1 Å². The summed E-state index contributed by atoms with van der Waals surface area (Å²) in [5.74, 6) is 0. The number of nitro groups is 2. The Hall–Kier alpha value is -2.44. The minimum Gasteiger partial charge on any atom is -0.258 e. The molecule has 0 heterocycles. The van der Waals surface area contributed by atoms with Crippen molar-refractivity contribution in [3.63, 3.8) is 0 Å². The molecule has 0 aliphatic heterocycles. The van der Waals surface area contributed by atoms with Gasteiger partial charge in [0.05, 0.1) is 21.7 Å². The van der Waals surface area contributed by atoms with Gasteiger partial charge in [0.25, 0.3) is 0 Å². The summed E-state index contributed by atoms with van der Waals surface area (Å²) >= 11 is 0. The first-order valence-electron chi connectivity index (χ1n) is 5.82. The van der Waals surface area contributed by atoms with Gasteiger partial charge in [0.15, 0.2) is 0 Å². The standard InChI is InChI=1S/C10H10F3N3O6S/c1-3-14(23(2,21)22)9-7(15(17)18)4-6(10(11,12)13)5-8(9)16(19)20/h4-5H,3H2,1-2H3. The Balaban J connectivity index is 3.94. The van der Waals surface area contributed by atoms with E-state index in [0.29, 0.717) is 10.6 Å². The van der Waals surface area contributed by atoms with Crippen LogP contribution in [-0.4, -0.2) is 31.1 Å². The van der Waals surface area contributed by atoms with Crippen LogP contribution >= 0.6 is 0 Å². The molecule has 0 aromatic heterocycles. The second-order valence-electron chi connectivity index (χ2n) is 4.30. The maximum absolute atomic E-state index is 12.7. The van der Waals surface area contributed by atoms with Crippen molar-refractivity contribution >= 4 is 27.1 Å². The highest BCUT2D eigenvalue weighted by atomic mass is 32.2. The van der Waals surface area contributed by atoms with Crippen molar-refractivity contribution in [2.45, 2.75) is 13.1 Å². The van der Waals surface area contributed by atoms with Gasteiger partial charge in [-0.05, 0) is 6.92 Å². The van der Waals surface area contributed by atoms with Crippen LogP contribution in [0.4, 0.5) is 30.2 Å². The summed E-state index contributed by atoms with van der Waals surface area (Å²) in [6, 6.07) is 0.131. The van der Waals surface area contributed by atoms with Crippen molar-refractivity contribution in [2.24, 2.45) is 0 Å². The molecule has 0 amide bonds. The number of benzene rings is 1. The van der Waals surface area contributed by atoms with Crippen molar-refractivity contribution in [1.29, 1.82) is 0 Å². The first-order chi connectivity index (χ1) is 10.3. The van der Waals surface area contributed by atoms with Crippen molar-refractivity contribution in [3.05, 3.63) is 37.9 Å². The number of sulfonamides is 1. The van der Waals surface area contributed by atoms with Gasteiger partial charge in [0.1, 0.15) is 0 Å². The van der Waals surface area contributed by atoms with Gasteiger partial charge in [-0.25, -0.2) is 8.42 Å². The van der Waals surface area contributed by atoms with Crippen LogP contribution < -0.4 is 4.31 Å². The van der Waals surface area contributed by atoms with Crippen LogP contribution in [0.15, 0.2) is 12.1 Å². The van der Waals surface area contributed by atoms with Crippen LogP contribution in [0.3, 0.4) is 0 Å². The lowest BCUT2D eigenvalue weighted by molar-refractivity contribution is -0.392. The zero-order chi connectivity index (χ0) is 18.2. The van der Waals surface area contributed by atoms with Crippen molar-refractivity contribution in [2.75, 3.05) is 17.1 Å². The number of halogens is 3. The zero-order valence-electron chi connectivity index (χ0n) is 11.7. The Labute approximate surface area is 127 Å². The van der Waals surface area contributed by atoms with E-state index in [1.165, 1.54) is 6.92 Å². The molecule has 0 bridgehead atoms. The summed E-state index contributed by atoms with van der Waals surface area (Å²) in [6.45, 7) is 0.790. The first kappa shape index (κ1) is 18.6. The third-order valence-electron chi connectivity index (χ3n) is 2.73. The van der Waals surface area contributed by atoms with E-state index in [1.54, 1.807) is 0 Å². The molecule has 1 aromatic carbocycles. The van der Waals surface area contributed by atoms with Gasteiger partial charge in [-0.2, -0.15) is 13.2 Å². The summed E-state index contributed by atoms with van der Waals surface area (Å²) in [5, 5.41) is 22.0. The molecule has 9 nitrogen and oxygen atoms in total. The number of hydrogen-bond donors (Lipinski definition) is 0. The normalized spacial score (nSPS) is 12.0. The van der Waals surface area contributed by atoms with E-state index in [0.717, 1.165) is 0 Å². The molecule has 0 atom stereocenters. The van der Waals surface area contributed by atoms with E-state index in [4.69, 9.17) is 0 Å². The third kappa shape index (κ3) is 3.85. The maximum atomic E-state index is 12.7. The number of nitrogens with zero attached hydrogens (tertiary/aromatic N) is 3. The smallest absolute Gasteiger partial charge is 0.258 e. The first-order valence-corrected chi connectivity index (χ1v) is 7.67. The molecule has 0 unspecified atom stereocenters. The van der Waals surface area contributed by atoms with Crippen molar-refractivity contribution < 1.29 is 31.4 Å². The van der Waals surface area contributed by atoms with Gasteiger partial charge in [-0.15, -0.1) is 0 Å². The van der Waals surface area contributed by atoms with Gasteiger partial charge in [-0.3, -0.25) is 24.5 Å². The van der Waals surface area contributed by atoms with E-state index >= 15 is 0 Å². The topological polar surface area (TPSA) is 124 Å². The highest BCUT2D eigenvalue weighted by molar-refractivity contribution is 7.92. The second kappa shape index (κ2) is 5.98. The van der Waals surface area contributed by atoms with Crippen molar-refractivity contribution in [3.8, 4) is 0 Å². The van der Waals surface area contributed by atoms with E-state index < -0.39 is 55.2 Å². The molecule has 0 radical (unpaired) electrons. The predicted octanol–water partition coefficient (Wildman–Crippen LogP) is 2.31. The lowest BCUT2D eigenvalue weighted by Crippen LogP contribution is -2.31. The number of hydrogen-bond acceptors (Lipinski definition) is 6. The quantitative estimate of drug-likeness (QED) is 0.588. The van der Waals surface area contributed by atoms with Gasteiger partial charge < -0.3 is 0 Å². The van der Waals surface area contributed by atoms with Crippen molar-refractivity contribution in [1.82, 2.24) is 0 Å². The molecular weight excluding hydrogens is 347 g/mol. The average molecular weight is 357 g/mol.